The van der Waals surface area contributed by atoms with E-state index in [1.807, 2.05) is 18.2 Å². The lowest BCUT2D eigenvalue weighted by Gasteiger charge is -2.25. The molecular formula is C16H19ClN2. The Morgan fingerprint density at radius 3 is 3.05 bits per heavy atom. The van der Waals surface area contributed by atoms with Crippen molar-refractivity contribution in [3.63, 3.8) is 0 Å². The van der Waals surface area contributed by atoms with Gasteiger partial charge in [0.1, 0.15) is 0 Å². The summed E-state index contributed by atoms with van der Waals surface area (Å²) >= 11 is 6.04. The molecule has 1 aromatic carbocycles. The van der Waals surface area contributed by atoms with E-state index in [1.165, 1.54) is 30.5 Å². The summed E-state index contributed by atoms with van der Waals surface area (Å²) in [4.78, 5) is 4.77. The SMILES string of the molecule is CCCC1CCc2nc3cc(Cl)ccc3c(N)c2C1. The highest BCUT2D eigenvalue weighted by atomic mass is 35.5. The molecule has 1 unspecified atom stereocenters. The molecule has 1 atom stereocenters. The van der Waals surface area contributed by atoms with Gasteiger partial charge in [0.2, 0.25) is 0 Å². The largest absolute Gasteiger partial charge is 0.398 e. The number of rotatable bonds is 2. The number of fused-ring (bicyclic) bond motifs is 2. The van der Waals surface area contributed by atoms with Crippen molar-refractivity contribution in [1.29, 1.82) is 0 Å². The van der Waals surface area contributed by atoms with Crippen LogP contribution in [-0.4, -0.2) is 4.98 Å². The Morgan fingerprint density at radius 1 is 1.42 bits per heavy atom. The minimum atomic E-state index is 0.721. The van der Waals surface area contributed by atoms with Gasteiger partial charge in [-0.15, -0.1) is 0 Å². The number of nitrogen functional groups attached to an aromatic ring is 1. The van der Waals surface area contributed by atoms with E-state index >= 15 is 0 Å². The number of pyridine rings is 1. The zero-order valence-electron chi connectivity index (χ0n) is 11.2. The first-order valence-electron chi connectivity index (χ1n) is 7.05. The zero-order chi connectivity index (χ0) is 13.4. The Kier molecular flexibility index (Phi) is 3.36. The smallest absolute Gasteiger partial charge is 0.0741 e. The van der Waals surface area contributed by atoms with Crippen LogP contribution in [0, 0.1) is 5.92 Å². The van der Waals surface area contributed by atoms with Crippen LogP contribution in [0.4, 0.5) is 5.69 Å². The van der Waals surface area contributed by atoms with Crippen molar-refractivity contribution >= 4 is 28.2 Å². The van der Waals surface area contributed by atoms with E-state index in [9.17, 15) is 0 Å². The number of nitrogens with zero attached hydrogens (tertiary/aromatic N) is 1. The molecule has 0 radical (unpaired) electrons. The first-order chi connectivity index (χ1) is 9.19. The second-order valence-electron chi connectivity index (χ2n) is 5.51. The molecule has 0 saturated heterocycles. The molecule has 2 nitrogen and oxygen atoms in total. The molecule has 1 aliphatic rings. The Balaban J connectivity index is 2.09. The second-order valence-corrected chi connectivity index (χ2v) is 5.95. The van der Waals surface area contributed by atoms with Crippen molar-refractivity contribution < 1.29 is 0 Å². The van der Waals surface area contributed by atoms with E-state index in [4.69, 9.17) is 22.3 Å². The summed E-state index contributed by atoms with van der Waals surface area (Å²) < 4.78 is 0. The van der Waals surface area contributed by atoms with Gasteiger partial charge in [0.05, 0.1) is 5.52 Å². The van der Waals surface area contributed by atoms with Crippen molar-refractivity contribution in [3.05, 3.63) is 34.5 Å². The van der Waals surface area contributed by atoms with Crippen LogP contribution >= 0.6 is 11.6 Å². The predicted molar refractivity (Wildman–Crippen MR) is 81.6 cm³/mol. The number of anilines is 1. The molecule has 2 aromatic rings. The summed E-state index contributed by atoms with van der Waals surface area (Å²) in [5, 5.41) is 1.76. The maximum atomic E-state index is 6.37. The number of benzene rings is 1. The summed E-state index contributed by atoms with van der Waals surface area (Å²) in [6.45, 7) is 2.25. The van der Waals surface area contributed by atoms with Gasteiger partial charge in [-0.1, -0.05) is 31.4 Å². The molecule has 1 aliphatic carbocycles. The number of hydrogen-bond donors (Lipinski definition) is 1. The summed E-state index contributed by atoms with van der Waals surface area (Å²) in [5.41, 5.74) is 10.7. The number of halogens is 1. The molecule has 0 spiro atoms. The number of hydrogen-bond acceptors (Lipinski definition) is 2. The standard InChI is InChI=1S/C16H19ClN2/c1-2-3-10-4-7-14-13(8-10)16(18)12-6-5-11(17)9-15(12)19-14/h5-6,9-10H,2-4,7-8H2,1H3,(H2,18,19). The fraction of sp³-hybridized carbons (Fsp3) is 0.438. The van der Waals surface area contributed by atoms with Crippen LogP contribution in [0.25, 0.3) is 10.9 Å². The van der Waals surface area contributed by atoms with E-state index in [1.54, 1.807) is 0 Å². The lowest BCUT2D eigenvalue weighted by Crippen LogP contribution is -2.17. The molecule has 1 aromatic heterocycles. The highest BCUT2D eigenvalue weighted by Gasteiger charge is 2.22. The third-order valence-electron chi connectivity index (χ3n) is 4.16. The van der Waals surface area contributed by atoms with Crippen LogP contribution in [0.3, 0.4) is 0 Å². The normalized spacial score (nSPS) is 18.5. The summed E-state index contributed by atoms with van der Waals surface area (Å²) in [6, 6.07) is 5.79. The van der Waals surface area contributed by atoms with Crippen molar-refractivity contribution in [2.45, 2.75) is 39.0 Å². The fourth-order valence-corrected chi connectivity index (χ4v) is 3.34. The molecule has 0 amide bonds. The van der Waals surface area contributed by atoms with E-state index in [-0.39, 0.29) is 0 Å². The molecule has 1 heterocycles. The van der Waals surface area contributed by atoms with Crippen LogP contribution in [0.15, 0.2) is 18.2 Å². The van der Waals surface area contributed by atoms with Crippen LogP contribution in [-0.2, 0) is 12.8 Å². The third kappa shape index (κ3) is 2.30. The molecule has 0 fully saturated rings. The Bertz CT molecular complexity index is 622. The molecular weight excluding hydrogens is 256 g/mol. The van der Waals surface area contributed by atoms with Crippen LogP contribution < -0.4 is 5.73 Å². The topological polar surface area (TPSA) is 38.9 Å². The first-order valence-corrected chi connectivity index (χ1v) is 7.43. The fourth-order valence-electron chi connectivity index (χ4n) is 3.18. The van der Waals surface area contributed by atoms with Gasteiger partial charge < -0.3 is 5.73 Å². The molecule has 19 heavy (non-hydrogen) atoms. The number of nitrogens with two attached hydrogens (primary N) is 1. The summed E-state index contributed by atoms with van der Waals surface area (Å²) in [6.07, 6.45) is 5.90. The summed E-state index contributed by atoms with van der Waals surface area (Å²) in [5.74, 6) is 0.770. The van der Waals surface area contributed by atoms with Gasteiger partial charge in [-0.2, -0.15) is 0 Å². The van der Waals surface area contributed by atoms with Crippen molar-refractivity contribution in [2.24, 2.45) is 5.92 Å². The molecule has 0 saturated carbocycles. The van der Waals surface area contributed by atoms with Crippen molar-refractivity contribution in [1.82, 2.24) is 4.98 Å². The van der Waals surface area contributed by atoms with Gasteiger partial charge in [-0.25, -0.2) is 0 Å². The second kappa shape index (κ2) is 5.01. The van der Waals surface area contributed by atoms with Gasteiger partial charge >= 0.3 is 0 Å². The van der Waals surface area contributed by atoms with Gasteiger partial charge in [0, 0.05) is 21.8 Å². The highest BCUT2D eigenvalue weighted by Crippen LogP contribution is 2.35. The Labute approximate surface area is 119 Å². The lowest BCUT2D eigenvalue weighted by molar-refractivity contribution is 0.420. The molecule has 3 heteroatoms. The monoisotopic (exact) mass is 274 g/mol. The van der Waals surface area contributed by atoms with Crippen LogP contribution in [0.1, 0.15) is 37.4 Å². The molecule has 100 valence electrons. The van der Waals surface area contributed by atoms with E-state index in [0.29, 0.717) is 0 Å². The summed E-state index contributed by atoms with van der Waals surface area (Å²) in [7, 11) is 0. The number of aromatic nitrogens is 1. The van der Waals surface area contributed by atoms with Crippen molar-refractivity contribution in [2.75, 3.05) is 5.73 Å². The lowest BCUT2D eigenvalue weighted by atomic mass is 9.82. The van der Waals surface area contributed by atoms with E-state index in [2.05, 4.69) is 6.92 Å². The Morgan fingerprint density at radius 2 is 2.26 bits per heavy atom. The molecule has 0 bridgehead atoms. The van der Waals surface area contributed by atoms with Crippen LogP contribution in [0.2, 0.25) is 5.02 Å². The maximum absolute atomic E-state index is 6.37. The van der Waals surface area contributed by atoms with Crippen LogP contribution in [0.5, 0.6) is 0 Å². The first kappa shape index (κ1) is 12.7. The minimum absolute atomic E-state index is 0.721. The predicted octanol–water partition coefficient (Wildman–Crippen LogP) is 4.38. The zero-order valence-corrected chi connectivity index (χ0v) is 12.0. The van der Waals surface area contributed by atoms with E-state index < -0.39 is 0 Å². The van der Waals surface area contributed by atoms with Gasteiger partial charge in [-0.3, -0.25) is 4.98 Å². The van der Waals surface area contributed by atoms with Gasteiger partial charge in [0.15, 0.2) is 0 Å². The van der Waals surface area contributed by atoms with Gasteiger partial charge in [-0.05, 0) is 48.9 Å². The van der Waals surface area contributed by atoms with Gasteiger partial charge in [0.25, 0.3) is 0 Å². The van der Waals surface area contributed by atoms with E-state index in [0.717, 1.165) is 40.4 Å². The number of aryl methyl sites for hydroxylation is 1. The molecule has 0 aliphatic heterocycles. The average Bonchev–Trinajstić information content (AvgIpc) is 2.40. The molecule has 3 rings (SSSR count). The minimum Gasteiger partial charge on any atom is -0.398 e. The van der Waals surface area contributed by atoms with Crippen molar-refractivity contribution in [3.8, 4) is 0 Å². The maximum Gasteiger partial charge on any atom is 0.0741 e. The molecule has 2 N–H and O–H groups in total. The quantitative estimate of drug-likeness (QED) is 0.883. The Hall–Kier alpha value is -1.28. The third-order valence-corrected chi connectivity index (χ3v) is 4.39. The highest BCUT2D eigenvalue weighted by molar-refractivity contribution is 6.31. The average molecular weight is 275 g/mol.